The van der Waals surface area contributed by atoms with Crippen molar-refractivity contribution in [2.45, 2.75) is 19.8 Å². The third kappa shape index (κ3) is 4.04. The van der Waals surface area contributed by atoms with Crippen LogP contribution in [0.2, 0.25) is 0 Å². The number of methoxy groups -OCH3 is 2. The number of amides is 1. The summed E-state index contributed by atoms with van der Waals surface area (Å²) in [5.74, 6) is 0.709. The smallest absolute Gasteiger partial charge is 0.297 e. The number of aliphatic imine (C=N–C) groups is 1. The molecule has 0 unspecified atom stereocenters. The normalized spacial score (nSPS) is 13.6. The molecule has 0 radical (unpaired) electrons. The van der Waals surface area contributed by atoms with Gasteiger partial charge < -0.3 is 14.4 Å². The Balaban J connectivity index is 1.81. The van der Waals surface area contributed by atoms with E-state index >= 15 is 0 Å². The van der Waals surface area contributed by atoms with Gasteiger partial charge in [-0.25, -0.2) is 9.67 Å². The van der Waals surface area contributed by atoms with Gasteiger partial charge >= 0.3 is 0 Å². The van der Waals surface area contributed by atoms with Crippen LogP contribution in [-0.2, 0) is 7.05 Å². The lowest BCUT2D eigenvalue weighted by atomic mass is 10.0. The van der Waals surface area contributed by atoms with Crippen LogP contribution in [0.4, 0.5) is 5.69 Å². The van der Waals surface area contributed by atoms with Crippen LogP contribution in [0, 0.1) is 6.92 Å². The van der Waals surface area contributed by atoms with E-state index in [0.29, 0.717) is 47.1 Å². The molecule has 1 aliphatic heterocycles. The number of carbonyl (C=O) groups excluding carboxylic acids is 1. The van der Waals surface area contributed by atoms with Crippen molar-refractivity contribution in [1.82, 2.24) is 14.3 Å². The van der Waals surface area contributed by atoms with E-state index in [-0.39, 0.29) is 11.5 Å². The fraction of sp³-hybridized carbons (Fsp3) is 0.320. The van der Waals surface area contributed by atoms with Crippen molar-refractivity contribution in [3.8, 4) is 17.2 Å². The summed E-state index contributed by atoms with van der Waals surface area (Å²) in [6.45, 7) is 3.25. The molecule has 0 aliphatic carbocycles. The first-order valence-corrected chi connectivity index (χ1v) is 10.9. The fourth-order valence-corrected chi connectivity index (χ4v) is 4.19. The molecular formula is C25H28N4O4. The minimum Gasteiger partial charge on any atom is -0.493 e. The maximum Gasteiger partial charge on any atom is 0.297 e. The molecule has 0 saturated carbocycles. The Morgan fingerprint density at radius 2 is 1.73 bits per heavy atom. The van der Waals surface area contributed by atoms with Gasteiger partial charge in [0, 0.05) is 31.9 Å². The molecule has 2 aromatic carbocycles. The largest absolute Gasteiger partial charge is 0.493 e. The molecule has 0 spiro atoms. The lowest BCUT2D eigenvalue weighted by molar-refractivity contribution is 0.0788. The third-order valence-electron chi connectivity index (χ3n) is 6.04. The van der Waals surface area contributed by atoms with E-state index in [4.69, 9.17) is 9.47 Å². The van der Waals surface area contributed by atoms with Crippen LogP contribution in [0.5, 0.6) is 11.5 Å². The standard InChI is InChI=1S/C25H28N4O4/c1-17-22(25(31)29(27(17)2)19-10-6-5-7-11-19)26-16-18-12-13-20(32-3)23(33-4)21(18)24(30)28-14-8-9-15-28/h5-7,10-13,16H,8-9,14-15H2,1-4H3. The molecule has 0 bridgehead atoms. The molecule has 3 aromatic rings. The van der Waals surface area contributed by atoms with Crippen LogP contribution in [0.3, 0.4) is 0 Å². The van der Waals surface area contributed by atoms with Gasteiger partial charge in [0.25, 0.3) is 11.5 Å². The second kappa shape index (κ2) is 9.36. The van der Waals surface area contributed by atoms with Crippen LogP contribution in [0.1, 0.15) is 34.5 Å². The summed E-state index contributed by atoms with van der Waals surface area (Å²) >= 11 is 0. The number of hydrogen-bond acceptors (Lipinski definition) is 5. The second-order valence-corrected chi connectivity index (χ2v) is 7.93. The molecule has 1 amide bonds. The van der Waals surface area contributed by atoms with Crippen molar-refractivity contribution in [3.05, 3.63) is 69.6 Å². The summed E-state index contributed by atoms with van der Waals surface area (Å²) in [5, 5.41) is 0. The quantitative estimate of drug-likeness (QED) is 0.541. The van der Waals surface area contributed by atoms with Gasteiger partial charge in [0.05, 0.1) is 31.2 Å². The summed E-state index contributed by atoms with van der Waals surface area (Å²) in [5.41, 5.74) is 2.51. The Hall–Kier alpha value is -3.81. The van der Waals surface area contributed by atoms with E-state index in [2.05, 4.69) is 4.99 Å². The molecule has 172 valence electrons. The SMILES string of the molecule is COc1ccc(C=Nc2c(C)n(C)n(-c3ccccc3)c2=O)c(C(=O)N2CCCC2)c1OC. The average Bonchev–Trinajstić information content (AvgIpc) is 3.45. The fourth-order valence-electron chi connectivity index (χ4n) is 4.19. The van der Waals surface area contributed by atoms with Crippen LogP contribution < -0.4 is 15.0 Å². The number of ether oxygens (including phenoxy) is 2. The summed E-state index contributed by atoms with van der Waals surface area (Å²) in [6, 6.07) is 12.9. The molecule has 1 saturated heterocycles. The minimum atomic E-state index is -0.231. The highest BCUT2D eigenvalue weighted by atomic mass is 16.5. The van der Waals surface area contributed by atoms with Gasteiger partial charge in [0.2, 0.25) is 0 Å². The number of para-hydroxylation sites is 1. The molecule has 1 fully saturated rings. The molecule has 2 heterocycles. The van der Waals surface area contributed by atoms with Gasteiger partial charge in [-0.3, -0.25) is 14.3 Å². The van der Waals surface area contributed by atoms with Crippen molar-refractivity contribution in [1.29, 1.82) is 0 Å². The zero-order valence-electron chi connectivity index (χ0n) is 19.4. The van der Waals surface area contributed by atoms with E-state index < -0.39 is 0 Å². The predicted molar refractivity (Wildman–Crippen MR) is 128 cm³/mol. The van der Waals surface area contributed by atoms with Gasteiger partial charge in [-0.15, -0.1) is 0 Å². The Kier molecular flexibility index (Phi) is 6.35. The highest BCUT2D eigenvalue weighted by molar-refractivity contribution is 6.06. The first-order chi connectivity index (χ1) is 16.0. The van der Waals surface area contributed by atoms with Crippen LogP contribution in [0.15, 0.2) is 52.3 Å². The Labute approximate surface area is 192 Å². The molecule has 0 atom stereocenters. The van der Waals surface area contributed by atoms with Crippen molar-refractivity contribution in [2.24, 2.45) is 12.0 Å². The monoisotopic (exact) mass is 448 g/mol. The minimum absolute atomic E-state index is 0.129. The number of hydrogen-bond donors (Lipinski definition) is 0. The third-order valence-corrected chi connectivity index (χ3v) is 6.04. The van der Waals surface area contributed by atoms with E-state index in [9.17, 15) is 9.59 Å². The predicted octanol–water partition coefficient (Wildman–Crippen LogP) is 3.49. The van der Waals surface area contributed by atoms with Gasteiger partial charge in [-0.1, -0.05) is 18.2 Å². The Morgan fingerprint density at radius 3 is 2.36 bits per heavy atom. The van der Waals surface area contributed by atoms with E-state index in [1.165, 1.54) is 14.2 Å². The number of aromatic nitrogens is 2. The molecule has 4 rings (SSSR count). The van der Waals surface area contributed by atoms with Crippen LogP contribution in [-0.4, -0.2) is 53.7 Å². The maximum atomic E-state index is 13.4. The van der Waals surface area contributed by atoms with Gasteiger partial charge in [0.1, 0.15) is 0 Å². The Bertz CT molecular complexity index is 1250. The van der Waals surface area contributed by atoms with Gasteiger partial charge in [0.15, 0.2) is 17.2 Å². The molecule has 33 heavy (non-hydrogen) atoms. The molecular weight excluding hydrogens is 420 g/mol. The summed E-state index contributed by atoms with van der Waals surface area (Å²) in [4.78, 5) is 32.9. The number of nitrogens with zero attached hydrogens (tertiary/aromatic N) is 4. The summed E-state index contributed by atoms with van der Waals surface area (Å²) in [6.07, 6.45) is 3.51. The first kappa shape index (κ1) is 22.4. The Morgan fingerprint density at radius 1 is 1.03 bits per heavy atom. The molecule has 1 aliphatic rings. The van der Waals surface area contributed by atoms with Gasteiger partial charge in [-0.05, 0) is 44.0 Å². The van der Waals surface area contributed by atoms with Crippen molar-refractivity contribution in [2.75, 3.05) is 27.3 Å². The highest BCUT2D eigenvalue weighted by Crippen LogP contribution is 2.34. The molecule has 8 nitrogen and oxygen atoms in total. The summed E-state index contributed by atoms with van der Waals surface area (Å²) < 4.78 is 14.3. The average molecular weight is 449 g/mol. The molecule has 1 aromatic heterocycles. The van der Waals surface area contributed by atoms with Crippen molar-refractivity contribution in [3.63, 3.8) is 0 Å². The lowest BCUT2D eigenvalue weighted by Gasteiger charge is -2.20. The number of likely N-dealkylation sites (tertiary alicyclic amines) is 1. The highest BCUT2D eigenvalue weighted by Gasteiger charge is 2.27. The zero-order valence-corrected chi connectivity index (χ0v) is 19.4. The second-order valence-electron chi connectivity index (χ2n) is 7.93. The van der Waals surface area contributed by atoms with Crippen LogP contribution >= 0.6 is 0 Å². The zero-order chi connectivity index (χ0) is 23.5. The van der Waals surface area contributed by atoms with E-state index in [1.807, 2.05) is 49.2 Å². The molecule has 8 heteroatoms. The number of benzene rings is 2. The number of carbonyl (C=O) groups is 1. The van der Waals surface area contributed by atoms with E-state index in [1.54, 1.807) is 27.7 Å². The summed E-state index contributed by atoms with van der Waals surface area (Å²) in [7, 11) is 4.87. The van der Waals surface area contributed by atoms with Gasteiger partial charge in [-0.2, -0.15) is 0 Å². The topological polar surface area (TPSA) is 78.1 Å². The first-order valence-electron chi connectivity index (χ1n) is 10.9. The van der Waals surface area contributed by atoms with Crippen molar-refractivity contribution < 1.29 is 14.3 Å². The van der Waals surface area contributed by atoms with E-state index in [0.717, 1.165) is 18.5 Å². The van der Waals surface area contributed by atoms with Crippen LogP contribution in [0.25, 0.3) is 5.69 Å². The lowest BCUT2D eigenvalue weighted by Crippen LogP contribution is -2.29. The molecule has 0 N–H and O–H groups in total. The van der Waals surface area contributed by atoms with Crippen molar-refractivity contribution >= 4 is 17.8 Å². The maximum absolute atomic E-state index is 13.4. The number of rotatable bonds is 6.